The molecule has 0 N–H and O–H groups in total. The molecule has 1 rings (SSSR count). The smallest absolute Gasteiger partial charge is 0.232 e. The van der Waals surface area contributed by atoms with Gasteiger partial charge >= 0.3 is 0 Å². The molecule has 0 spiro atoms. The van der Waals surface area contributed by atoms with Crippen LogP contribution in [0.4, 0.5) is 4.39 Å². The monoisotopic (exact) mass is 131 g/mol. The van der Waals surface area contributed by atoms with Gasteiger partial charge in [-0.3, -0.25) is 0 Å². The number of nitrogens with zero attached hydrogens (tertiary/aromatic N) is 2. The Bertz CT molecular complexity index is 153. The summed E-state index contributed by atoms with van der Waals surface area (Å²) in [7, 11) is 0. The zero-order valence-electron chi connectivity index (χ0n) is 3.73. The molecule has 1 radical (unpaired) electrons. The van der Waals surface area contributed by atoms with E-state index in [1.54, 1.807) is 0 Å². The van der Waals surface area contributed by atoms with Gasteiger partial charge in [-0.1, -0.05) is 11.6 Å². The first-order valence-corrected chi connectivity index (χ1v) is 2.22. The minimum absolute atomic E-state index is 0.0754. The molecule has 4 heteroatoms. The summed E-state index contributed by atoms with van der Waals surface area (Å²) < 4.78 is 11.8. The summed E-state index contributed by atoms with van der Waals surface area (Å²) in [4.78, 5) is 6.44. The van der Waals surface area contributed by atoms with Crippen LogP contribution in [-0.4, -0.2) is 9.97 Å². The minimum atomic E-state index is -0.672. The van der Waals surface area contributed by atoms with E-state index in [0.717, 1.165) is 6.20 Å². The summed E-state index contributed by atoms with van der Waals surface area (Å²) in [6.07, 6.45) is 3.06. The number of hydrogen-bond acceptors (Lipinski definition) is 2. The van der Waals surface area contributed by atoms with Crippen molar-refractivity contribution >= 4 is 11.6 Å². The molecule has 0 amide bonds. The Balaban J connectivity index is 3.03. The van der Waals surface area contributed by atoms with Crippen molar-refractivity contribution in [2.75, 3.05) is 0 Å². The third kappa shape index (κ3) is 1.13. The second kappa shape index (κ2) is 2.05. The first kappa shape index (κ1) is 5.44. The molecule has 0 bridgehead atoms. The number of aromatic nitrogens is 2. The van der Waals surface area contributed by atoms with Crippen LogP contribution in [0.5, 0.6) is 0 Å². The molecule has 2 nitrogen and oxygen atoms in total. The van der Waals surface area contributed by atoms with E-state index >= 15 is 0 Å². The summed E-state index contributed by atoms with van der Waals surface area (Å²) in [5.41, 5.74) is 0. The van der Waals surface area contributed by atoms with Gasteiger partial charge in [-0.05, 0) is 0 Å². The van der Waals surface area contributed by atoms with E-state index in [1.807, 2.05) is 0 Å². The van der Waals surface area contributed by atoms with Crippen LogP contribution in [0.3, 0.4) is 0 Å². The lowest BCUT2D eigenvalue weighted by Crippen LogP contribution is -1.82. The zero-order chi connectivity index (χ0) is 5.98. The number of halogens is 2. The summed E-state index contributed by atoms with van der Waals surface area (Å²) in [6, 6.07) is 0. The highest BCUT2D eigenvalue weighted by Crippen LogP contribution is 1.97. The summed E-state index contributed by atoms with van der Waals surface area (Å²) >= 11 is 5.22. The molecule has 0 saturated heterocycles. The Kier molecular flexibility index (Phi) is 1.39. The van der Waals surface area contributed by atoms with E-state index in [2.05, 4.69) is 16.2 Å². The van der Waals surface area contributed by atoms with Gasteiger partial charge in [0.05, 0.1) is 6.20 Å². The predicted octanol–water partition coefficient (Wildman–Crippen LogP) is 1.07. The normalized spacial score (nSPS) is 9.25. The van der Waals surface area contributed by atoms with Gasteiger partial charge in [0, 0.05) is 0 Å². The Morgan fingerprint density at radius 1 is 1.75 bits per heavy atom. The van der Waals surface area contributed by atoms with Crippen LogP contribution in [0, 0.1) is 12.1 Å². The Hall–Kier alpha value is -0.700. The van der Waals surface area contributed by atoms with Crippen LogP contribution in [0.15, 0.2) is 6.20 Å². The summed E-state index contributed by atoms with van der Waals surface area (Å²) in [5.74, 6) is -0.672. The molecule has 0 unspecified atom stereocenters. The van der Waals surface area contributed by atoms with Crippen LogP contribution in [0.1, 0.15) is 0 Å². The van der Waals surface area contributed by atoms with Gasteiger partial charge in [0.1, 0.15) is 6.20 Å². The molecule has 0 aliphatic rings. The number of hydrogen-bond donors (Lipinski definition) is 0. The topological polar surface area (TPSA) is 25.8 Å². The molecule has 0 aliphatic heterocycles. The van der Waals surface area contributed by atoms with Gasteiger partial charge in [-0.15, -0.1) is 0 Å². The average molecular weight is 132 g/mol. The van der Waals surface area contributed by atoms with E-state index in [1.165, 1.54) is 0 Å². The van der Waals surface area contributed by atoms with E-state index in [-0.39, 0.29) is 5.15 Å². The molecule has 0 fully saturated rings. The van der Waals surface area contributed by atoms with Crippen molar-refractivity contribution in [2.24, 2.45) is 0 Å². The number of rotatable bonds is 0. The molecule has 0 aromatic carbocycles. The van der Waals surface area contributed by atoms with Gasteiger partial charge in [0.2, 0.25) is 5.95 Å². The molecule has 1 aromatic rings. The Labute approximate surface area is 50.3 Å². The summed E-state index contributed by atoms with van der Waals surface area (Å²) in [6.45, 7) is 0. The lowest BCUT2D eigenvalue weighted by molar-refractivity contribution is 0.575. The second-order valence-corrected chi connectivity index (χ2v) is 1.45. The van der Waals surface area contributed by atoms with E-state index in [4.69, 9.17) is 11.6 Å². The van der Waals surface area contributed by atoms with Gasteiger partial charge in [0.15, 0.2) is 5.15 Å². The van der Waals surface area contributed by atoms with Crippen molar-refractivity contribution in [3.05, 3.63) is 23.5 Å². The Morgan fingerprint density at radius 2 is 2.50 bits per heavy atom. The highest BCUT2D eigenvalue weighted by atomic mass is 35.5. The standard InChI is InChI=1S/C4HClFN2/c5-3-1-8-4(6)2-7-3/h2H. The first-order valence-electron chi connectivity index (χ1n) is 1.85. The molecule has 1 heterocycles. The van der Waals surface area contributed by atoms with Gasteiger partial charge in [0.25, 0.3) is 0 Å². The van der Waals surface area contributed by atoms with Crippen molar-refractivity contribution in [1.29, 1.82) is 0 Å². The molecule has 0 atom stereocenters. The van der Waals surface area contributed by atoms with Crippen molar-refractivity contribution in [3.8, 4) is 0 Å². The van der Waals surface area contributed by atoms with Crippen LogP contribution < -0.4 is 0 Å². The fourth-order valence-electron chi connectivity index (χ4n) is 0.267. The average Bonchev–Trinajstić information content (AvgIpc) is 1.77. The van der Waals surface area contributed by atoms with Crippen molar-refractivity contribution in [2.45, 2.75) is 0 Å². The maximum Gasteiger partial charge on any atom is 0.232 e. The van der Waals surface area contributed by atoms with E-state index < -0.39 is 5.95 Å². The summed E-state index contributed by atoms with van der Waals surface area (Å²) in [5, 5.41) is 0.0754. The van der Waals surface area contributed by atoms with Gasteiger partial charge < -0.3 is 0 Å². The molecule has 1 aromatic heterocycles. The van der Waals surface area contributed by atoms with Crippen molar-refractivity contribution < 1.29 is 4.39 Å². The highest BCUT2D eigenvalue weighted by Gasteiger charge is 1.89. The van der Waals surface area contributed by atoms with Crippen LogP contribution in [0.2, 0.25) is 5.15 Å². The molecule has 0 aliphatic carbocycles. The largest absolute Gasteiger partial charge is 0.237 e. The third-order valence-corrected chi connectivity index (χ3v) is 0.721. The third-order valence-electron chi connectivity index (χ3n) is 0.539. The van der Waals surface area contributed by atoms with Crippen molar-refractivity contribution in [1.82, 2.24) is 9.97 Å². The predicted molar refractivity (Wildman–Crippen MR) is 25.8 cm³/mol. The quantitative estimate of drug-likeness (QED) is 0.526. The van der Waals surface area contributed by atoms with Gasteiger partial charge in [-0.25, -0.2) is 9.97 Å². The lowest BCUT2D eigenvalue weighted by Gasteiger charge is -1.82. The maximum atomic E-state index is 11.8. The minimum Gasteiger partial charge on any atom is -0.237 e. The molecular formula is C4HClFN2. The molecular weight excluding hydrogens is 131 g/mol. The fraction of sp³-hybridized carbons (Fsp3) is 0. The maximum absolute atomic E-state index is 11.8. The highest BCUT2D eigenvalue weighted by molar-refractivity contribution is 6.29. The SMILES string of the molecule is Fc1cnc(Cl)[c]n1. The van der Waals surface area contributed by atoms with E-state index in [9.17, 15) is 4.39 Å². The lowest BCUT2D eigenvalue weighted by atomic mass is 10.7. The van der Waals surface area contributed by atoms with Crippen LogP contribution >= 0.6 is 11.6 Å². The second-order valence-electron chi connectivity index (χ2n) is 1.10. The first-order chi connectivity index (χ1) is 3.79. The zero-order valence-corrected chi connectivity index (χ0v) is 4.48. The Morgan fingerprint density at radius 3 is 2.88 bits per heavy atom. The van der Waals surface area contributed by atoms with E-state index in [0.29, 0.717) is 0 Å². The van der Waals surface area contributed by atoms with Crippen LogP contribution in [-0.2, 0) is 0 Å². The van der Waals surface area contributed by atoms with Crippen LogP contribution in [0.25, 0.3) is 0 Å². The molecule has 0 saturated carbocycles. The van der Waals surface area contributed by atoms with Gasteiger partial charge in [-0.2, -0.15) is 4.39 Å². The fourth-order valence-corrected chi connectivity index (χ4v) is 0.358. The molecule has 41 valence electrons. The van der Waals surface area contributed by atoms with Crippen molar-refractivity contribution in [3.63, 3.8) is 0 Å². The molecule has 8 heavy (non-hydrogen) atoms.